The van der Waals surface area contributed by atoms with Crippen LogP contribution in [0.2, 0.25) is 0 Å². The summed E-state index contributed by atoms with van der Waals surface area (Å²) in [6.07, 6.45) is 0.462. The van der Waals surface area contributed by atoms with Gasteiger partial charge in [-0.05, 0) is 42.3 Å². The fraction of sp³-hybridized carbons (Fsp3) is 0.333. The Labute approximate surface area is 166 Å². The van der Waals surface area contributed by atoms with E-state index in [1.807, 2.05) is 11.8 Å². The van der Waals surface area contributed by atoms with Gasteiger partial charge in [0.2, 0.25) is 5.91 Å². The number of carbonyl (C=O) groups excluding carboxylic acids is 1. The molecule has 7 nitrogen and oxygen atoms in total. The van der Waals surface area contributed by atoms with Crippen molar-refractivity contribution in [3.63, 3.8) is 0 Å². The first-order valence-electron chi connectivity index (χ1n) is 9.56. The predicted octanol–water partition coefficient (Wildman–Crippen LogP) is 2.16. The molecule has 152 valence electrons. The highest BCUT2D eigenvalue weighted by molar-refractivity contribution is 5.94. The highest BCUT2D eigenvalue weighted by Gasteiger charge is 2.40. The maximum absolute atomic E-state index is 13.2. The Balaban J connectivity index is 1.38. The second kappa shape index (κ2) is 7.46. The van der Waals surface area contributed by atoms with Gasteiger partial charge in [0.15, 0.2) is 0 Å². The number of rotatable bonds is 4. The molecule has 2 atom stereocenters. The Morgan fingerprint density at radius 2 is 1.97 bits per heavy atom. The first-order chi connectivity index (χ1) is 13.8. The average Bonchev–Trinajstić information content (AvgIpc) is 3.04. The highest BCUT2D eigenvalue weighted by atomic mass is 19.1. The molecule has 2 unspecified atom stereocenters. The van der Waals surface area contributed by atoms with E-state index in [9.17, 15) is 19.1 Å². The number of aromatic nitrogens is 2. The standard InChI is InChI=1S/C21H23FN4O3/c1-13-11-26(9-8-21(13,29)14-2-4-15(22)5-3-14)12-19(27)23-16-6-7-17-18(10-16)25-20(28)24-17/h2-7,10,13,29H,8-9,11-12H2,1H3,(H,23,27)(H2,24,25,28). The molecule has 1 aliphatic rings. The Kier molecular flexibility index (Phi) is 4.97. The van der Waals surface area contributed by atoms with Crippen LogP contribution in [0.3, 0.4) is 0 Å². The second-order valence-corrected chi connectivity index (χ2v) is 7.70. The van der Waals surface area contributed by atoms with Gasteiger partial charge in [-0.15, -0.1) is 0 Å². The van der Waals surface area contributed by atoms with Crippen molar-refractivity contribution in [3.8, 4) is 0 Å². The number of nitrogens with one attached hydrogen (secondary N) is 3. The van der Waals surface area contributed by atoms with Crippen molar-refractivity contribution in [1.82, 2.24) is 14.9 Å². The monoisotopic (exact) mass is 398 g/mol. The van der Waals surface area contributed by atoms with E-state index in [-0.39, 0.29) is 29.9 Å². The number of piperidine rings is 1. The van der Waals surface area contributed by atoms with E-state index in [2.05, 4.69) is 15.3 Å². The van der Waals surface area contributed by atoms with Gasteiger partial charge in [-0.3, -0.25) is 9.69 Å². The van der Waals surface area contributed by atoms with Crippen LogP contribution in [-0.4, -0.2) is 45.5 Å². The molecule has 4 rings (SSSR count). The molecule has 1 saturated heterocycles. The lowest BCUT2D eigenvalue weighted by molar-refractivity contribution is -0.120. The molecule has 0 spiro atoms. The summed E-state index contributed by atoms with van der Waals surface area (Å²) in [5.41, 5.74) is 1.28. The van der Waals surface area contributed by atoms with Gasteiger partial charge in [0.1, 0.15) is 5.82 Å². The second-order valence-electron chi connectivity index (χ2n) is 7.70. The fourth-order valence-corrected chi connectivity index (χ4v) is 4.03. The van der Waals surface area contributed by atoms with Crippen LogP contribution in [0.5, 0.6) is 0 Å². The lowest BCUT2D eigenvalue weighted by atomic mass is 9.77. The van der Waals surface area contributed by atoms with E-state index < -0.39 is 5.60 Å². The van der Waals surface area contributed by atoms with Crippen LogP contribution in [0.15, 0.2) is 47.3 Å². The summed E-state index contributed by atoms with van der Waals surface area (Å²) in [5.74, 6) is -0.613. The van der Waals surface area contributed by atoms with Crippen molar-refractivity contribution < 1.29 is 14.3 Å². The third-order valence-corrected chi connectivity index (χ3v) is 5.67. The van der Waals surface area contributed by atoms with E-state index in [1.165, 1.54) is 12.1 Å². The molecule has 1 aliphatic heterocycles. The number of amides is 1. The molecule has 0 radical (unpaired) electrons. The fourth-order valence-electron chi connectivity index (χ4n) is 4.03. The topological polar surface area (TPSA) is 101 Å². The van der Waals surface area contributed by atoms with Gasteiger partial charge in [0.05, 0.1) is 23.2 Å². The summed E-state index contributed by atoms with van der Waals surface area (Å²) in [6.45, 7) is 3.23. The Bertz CT molecular complexity index is 1090. The first-order valence-corrected chi connectivity index (χ1v) is 9.56. The molecule has 1 amide bonds. The van der Waals surface area contributed by atoms with Crippen molar-refractivity contribution >= 4 is 22.6 Å². The molecule has 1 aromatic heterocycles. The lowest BCUT2D eigenvalue weighted by Crippen LogP contribution is -2.50. The number of aromatic amines is 2. The number of carbonyl (C=O) groups is 1. The van der Waals surface area contributed by atoms with Crippen molar-refractivity contribution in [2.24, 2.45) is 5.92 Å². The molecular formula is C21H23FN4O3. The van der Waals surface area contributed by atoms with Crippen molar-refractivity contribution in [1.29, 1.82) is 0 Å². The summed E-state index contributed by atoms with van der Waals surface area (Å²) < 4.78 is 13.2. The minimum absolute atomic E-state index is 0.115. The number of aliphatic hydroxyl groups is 1. The first kappa shape index (κ1) is 19.4. The smallest absolute Gasteiger partial charge is 0.323 e. The highest BCUT2D eigenvalue weighted by Crippen LogP contribution is 2.37. The summed E-state index contributed by atoms with van der Waals surface area (Å²) in [5, 5.41) is 14.0. The minimum Gasteiger partial charge on any atom is -0.385 e. The number of anilines is 1. The molecule has 29 heavy (non-hydrogen) atoms. The molecule has 1 fully saturated rings. The average molecular weight is 398 g/mol. The van der Waals surface area contributed by atoms with Gasteiger partial charge in [0.25, 0.3) is 0 Å². The minimum atomic E-state index is -1.04. The van der Waals surface area contributed by atoms with Crippen LogP contribution in [0.1, 0.15) is 18.9 Å². The van der Waals surface area contributed by atoms with E-state index in [0.717, 1.165) is 0 Å². The molecule has 2 aromatic carbocycles. The van der Waals surface area contributed by atoms with Gasteiger partial charge >= 0.3 is 5.69 Å². The maximum atomic E-state index is 13.2. The lowest BCUT2D eigenvalue weighted by Gasteiger charge is -2.43. The number of likely N-dealkylation sites (tertiary alicyclic amines) is 1. The van der Waals surface area contributed by atoms with Crippen LogP contribution in [-0.2, 0) is 10.4 Å². The summed E-state index contributed by atoms with van der Waals surface area (Å²) in [7, 11) is 0. The quantitative estimate of drug-likeness (QED) is 0.541. The SMILES string of the molecule is CC1CN(CC(=O)Nc2ccc3[nH]c(=O)[nH]c3c2)CCC1(O)c1ccc(F)cc1. The van der Waals surface area contributed by atoms with Crippen LogP contribution in [0.25, 0.3) is 11.0 Å². The number of imidazole rings is 1. The van der Waals surface area contributed by atoms with Crippen molar-refractivity contribution in [3.05, 3.63) is 64.3 Å². The number of benzene rings is 2. The van der Waals surface area contributed by atoms with Crippen LogP contribution in [0, 0.1) is 11.7 Å². The normalized spacial score (nSPS) is 22.7. The van der Waals surface area contributed by atoms with Gasteiger partial charge in [0, 0.05) is 24.7 Å². The predicted molar refractivity (Wildman–Crippen MR) is 108 cm³/mol. The van der Waals surface area contributed by atoms with Gasteiger partial charge in [-0.1, -0.05) is 19.1 Å². The zero-order valence-corrected chi connectivity index (χ0v) is 16.0. The molecular weight excluding hydrogens is 375 g/mol. The number of hydrogen-bond donors (Lipinski definition) is 4. The van der Waals surface area contributed by atoms with E-state index in [0.29, 0.717) is 41.8 Å². The summed E-state index contributed by atoms with van der Waals surface area (Å²) in [4.78, 5) is 31.1. The molecule has 3 aromatic rings. The molecule has 0 bridgehead atoms. The largest absolute Gasteiger partial charge is 0.385 e. The number of nitrogens with zero attached hydrogens (tertiary/aromatic N) is 1. The van der Waals surface area contributed by atoms with E-state index in [4.69, 9.17) is 0 Å². The van der Waals surface area contributed by atoms with Crippen molar-refractivity contribution in [2.75, 3.05) is 25.0 Å². The van der Waals surface area contributed by atoms with E-state index >= 15 is 0 Å². The van der Waals surface area contributed by atoms with Crippen LogP contribution >= 0.6 is 0 Å². The van der Waals surface area contributed by atoms with Crippen molar-refractivity contribution in [2.45, 2.75) is 18.9 Å². The third kappa shape index (κ3) is 3.94. The van der Waals surface area contributed by atoms with Gasteiger partial charge in [-0.2, -0.15) is 0 Å². The number of hydrogen-bond acceptors (Lipinski definition) is 4. The molecule has 2 heterocycles. The van der Waals surface area contributed by atoms with Crippen LogP contribution < -0.4 is 11.0 Å². The third-order valence-electron chi connectivity index (χ3n) is 5.67. The number of fused-ring (bicyclic) bond motifs is 1. The van der Waals surface area contributed by atoms with Gasteiger partial charge in [-0.25, -0.2) is 9.18 Å². The zero-order valence-electron chi connectivity index (χ0n) is 16.0. The molecule has 8 heteroatoms. The van der Waals surface area contributed by atoms with Crippen LogP contribution in [0.4, 0.5) is 10.1 Å². The number of halogens is 1. The Morgan fingerprint density at radius 1 is 1.24 bits per heavy atom. The molecule has 0 saturated carbocycles. The Morgan fingerprint density at radius 3 is 2.69 bits per heavy atom. The molecule has 0 aliphatic carbocycles. The maximum Gasteiger partial charge on any atom is 0.323 e. The molecule has 4 N–H and O–H groups in total. The summed E-state index contributed by atoms with van der Waals surface area (Å²) in [6, 6.07) is 11.1. The Hall–Kier alpha value is -2.97. The zero-order chi connectivity index (χ0) is 20.6. The van der Waals surface area contributed by atoms with E-state index in [1.54, 1.807) is 30.3 Å². The summed E-state index contributed by atoms with van der Waals surface area (Å²) >= 11 is 0. The van der Waals surface area contributed by atoms with Gasteiger partial charge < -0.3 is 20.4 Å². The number of H-pyrrole nitrogens is 2.